The van der Waals surface area contributed by atoms with Crippen LogP contribution >= 0.6 is 0 Å². The zero-order valence-electron chi connectivity index (χ0n) is 13.2. The molecule has 0 spiro atoms. The Kier molecular flexibility index (Phi) is 4.45. The summed E-state index contributed by atoms with van der Waals surface area (Å²) in [7, 11) is 2.04. The van der Waals surface area contributed by atoms with E-state index in [1.54, 1.807) is 11.1 Å². The summed E-state index contributed by atoms with van der Waals surface area (Å²) in [6.45, 7) is 3.34. The molecule has 2 heteroatoms. The standard InChI is InChI=1S/C19H26N2/c1-3-19(20-2)17-11-12-21(14-17)13-16-9-6-8-15-7-4-5-10-18(15)16/h4-5,7,10-12,14,16,19-20H,3,6,8-9,13H2,1-2H3. The maximum atomic E-state index is 3.39. The maximum Gasteiger partial charge on any atom is 0.0329 e. The van der Waals surface area contributed by atoms with E-state index in [9.17, 15) is 0 Å². The predicted molar refractivity (Wildman–Crippen MR) is 88.6 cm³/mol. The summed E-state index contributed by atoms with van der Waals surface area (Å²) in [4.78, 5) is 0. The first-order valence-electron chi connectivity index (χ1n) is 8.22. The molecule has 2 unspecified atom stereocenters. The Morgan fingerprint density at radius 1 is 1.29 bits per heavy atom. The molecule has 1 aromatic carbocycles. The van der Waals surface area contributed by atoms with E-state index < -0.39 is 0 Å². The normalized spacial score (nSPS) is 19.2. The number of benzene rings is 1. The van der Waals surface area contributed by atoms with Gasteiger partial charge in [0, 0.05) is 30.9 Å². The minimum atomic E-state index is 0.477. The molecule has 1 N–H and O–H groups in total. The fourth-order valence-corrected chi connectivity index (χ4v) is 3.68. The quantitative estimate of drug-likeness (QED) is 0.866. The number of rotatable bonds is 5. The van der Waals surface area contributed by atoms with Crippen LogP contribution in [0.4, 0.5) is 0 Å². The second-order valence-electron chi connectivity index (χ2n) is 6.18. The molecule has 0 saturated heterocycles. The molecule has 3 rings (SSSR count). The van der Waals surface area contributed by atoms with Crippen LogP contribution in [-0.4, -0.2) is 11.6 Å². The average molecular weight is 282 g/mol. The van der Waals surface area contributed by atoms with Gasteiger partial charge in [0.15, 0.2) is 0 Å². The van der Waals surface area contributed by atoms with E-state index in [-0.39, 0.29) is 0 Å². The Bertz CT molecular complexity index is 581. The molecule has 2 atom stereocenters. The molecular weight excluding hydrogens is 256 g/mol. The van der Waals surface area contributed by atoms with Crippen LogP contribution in [0.1, 0.15) is 54.8 Å². The van der Waals surface area contributed by atoms with Crippen molar-refractivity contribution < 1.29 is 0 Å². The molecule has 1 aliphatic carbocycles. The lowest BCUT2D eigenvalue weighted by molar-refractivity contribution is 0.482. The molecule has 0 fully saturated rings. The van der Waals surface area contributed by atoms with Crippen molar-refractivity contribution in [3.63, 3.8) is 0 Å². The largest absolute Gasteiger partial charge is 0.353 e. The molecule has 112 valence electrons. The summed E-state index contributed by atoms with van der Waals surface area (Å²) in [5.41, 5.74) is 4.53. The SMILES string of the molecule is CCC(NC)c1ccn(CC2CCCc3ccccc32)c1. The van der Waals surface area contributed by atoms with Crippen molar-refractivity contribution >= 4 is 0 Å². The van der Waals surface area contributed by atoms with Crippen LogP contribution < -0.4 is 5.32 Å². The van der Waals surface area contributed by atoms with Crippen molar-refractivity contribution in [2.24, 2.45) is 0 Å². The van der Waals surface area contributed by atoms with Gasteiger partial charge in [-0.1, -0.05) is 31.2 Å². The van der Waals surface area contributed by atoms with Gasteiger partial charge in [0.1, 0.15) is 0 Å². The van der Waals surface area contributed by atoms with E-state index in [4.69, 9.17) is 0 Å². The summed E-state index contributed by atoms with van der Waals surface area (Å²) >= 11 is 0. The van der Waals surface area contributed by atoms with E-state index in [0.29, 0.717) is 12.0 Å². The molecular formula is C19H26N2. The van der Waals surface area contributed by atoms with E-state index in [0.717, 1.165) is 13.0 Å². The zero-order valence-corrected chi connectivity index (χ0v) is 13.2. The van der Waals surface area contributed by atoms with Crippen LogP contribution in [0.2, 0.25) is 0 Å². The highest BCUT2D eigenvalue weighted by atomic mass is 15.0. The summed E-state index contributed by atoms with van der Waals surface area (Å²) in [6, 6.07) is 11.7. The average Bonchev–Trinajstić information content (AvgIpc) is 2.97. The number of hydrogen-bond acceptors (Lipinski definition) is 1. The molecule has 1 heterocycles. The van der Waals surface area contributed by atoms with Gasteiger partial charge in [-0.05, 0) is 55.5 Å². The van der Waals surface area contributed by atoms with Crippen LogP contribution in [0.15, 0.2) is 42.7 Å². The number of hydrogen-bond donors (Lipinski definition) is 1. The van der Waals surface area contributed by atoms with E-state index >= 15 is 0 Å². The highest BCUT2D eigenvalue weighted by Crippen LogP contribution is 2.33. The summed E-state index contributed by atoms with van der Waals surface area (Å²) < 4.78 is 2.38. The van der Waals surface area contributed by atoms with Gasteiger partial charge in [-0.15, -0.1) is 0 Å². The lowest BCUT2D eigenvalue weighted by Crippen LogP contribution is -2.16. The fourth-order valence-electron chi connectivity index (χ4n) is 3.68. The zero-order chi connectivity index (χ0) is 14.7. The highest BCUT2D eigenvalue weighted by Gasteiger charge is 2.20. The van der Waals surface area contributed by atoms with Crippen molar-refractivity contribution in [2.45, 2.75) is 51.1 Å². The first kappa shape index (κ1) is 14.4. The third-order valence-electron chi connectivity index (χ3n) is 4.86. The van der Waals surface area contributed by atoms with Crippen molar-refractivity contribution in [1.29, 1.82) is 0 Å². The molecule has 2 nitrogen and oxygen atoms in total. The molecule has 0 saturated carbocycles. The summed E-state index contributed by atoms with van der Waals surface area (Å²) in [5, 5.41) is 3.39. The third-order valence-corrected chi connectivity index (χ3v) is 4.86. The first-order valence-corrected chi connectivity index (χ1v) is 8.22. The number of aromatic nitrogens is 1. The van der Waals surface area contributed by atoms with Gasteiger partial charge in [-0.3, -0.25) is 0 Å². The van der Waals surface area contributed by atoms with Crippen LogP contribution in [-0.2, 0) is 13.0 Å². The third kappa shape index (κ3) is 3.06. The number of nitrogens with zero attached hydrogens (tertiary/aromatic N) is 1. The second-order valence-corrected chi connectivity index (χ2v) is 6.18. The summed E-state index contributed by atoms with van der Waals surface area (Å²) in [6.07, 6.45) is 9.58. The van der Waals surface area contributed by atoms with Gasteiger partial charge in [-0.2, -0.15) is 0 Å². The molecule has 0 radical (unpaired) electrons. The number of nitrogens with one attached hydrogen (secondary N) is 1. The van der Waals surface area contributed by atoms with Crippen molar-refractivity contribution in [2.75, 3.05) is 7.05 Å². The maximum absolute atomic E-state index is 3.39. The van der Waals surface area contributed by atoms with E-state index in [1.807, 2.05) is 7.05 Å². The Labute approximate surface area is 128 Å². The number of fused-ring (bicyclic) bond motifs is 1. The molecule has 0 bridgehead atoms. The predicted octanol–water partition coefficient (Wildman–Crippen LogP) is 4.28. The monoisotopic (exact) mass is 282 g/mol. The Balaban J connectivity index is 1.76. The van der Waals surface area contributed by atoms with Crippen LogP contribution in [0.5, 0.6) is 0 Å². The summed E-state index contributed by atoms with van der Waals surface area (Å²) in [5.74, 6) is 0.671. The van der Waals surface area contributed by atoms with Crippen molar-refractivity contribution in [3.8, 4) is 0 Å². The molecule has 21 heavy (non-hydrogen) atoms. The smallest absolute Gasteiger partial charge is 0.0329 e. The molecule has 1 aromatic heterocycles. The minimum Gasteiger partial charge on any atom is -0.353 e. The van der Waals surface area contributed by atoms with Gasteiger partial charge in [0.05, 0.1) is 0 Å². The Morgan fingerprint density at radius 3 is 2.95 bits per heavy atom. The first-order chi connectivity index (χ1) is 10.3. The van der Waals surface area contributed by atoms with Gasteiger partial charge in [0.25, 0.3) is 0 Å². The highest BCUT2D eigenvalue weighted by molar-refractivity contribution is 5.32. The Morgan fingerprint density at radius 2 is 2.14 bits per heavy atom. The lowest BCUT2D eigenvalue weighted by Gasteiger charge is -2.26. The van der Waals surface area contributed by atoms with Gasteiger partial charge in [-0.25, -0.2) is 0 Å². The fraction of sp³-hybridized carbons (Fsp3) is 0.474. The van der Waals surface area contributed by atoms with E-state index in [1.165, 1.54) is 24.8 Å². The van der Waals surface area contributed by atoms with Crippen LogP contribution in [0.3, 0.4) is 0 Å². The van der Waals surface area contributed by atoms with E-state index in [2.05, 4.69) is 59.5 Å². The molecule has 2 aromatic rings. The lowest BCUT2D eigenvalue weighted by atomic mass is 9.83. The molecule has 0 aliphatic heterocycles. The van der Waals surface area contributed by atoms with Gasteiger partial charge in [0.2, 0.25) is 0 Å². The number of aryl methyl sites for hydroxylation is 1. The topological polar surface area (TPSA) is 17.0 Å². The molecule has 0 amide bonds. The van der Waals surface area contributed by atoms with Gasteiger partial charge < -0.3 is 9.88 Å². The van der Waals surface area contributed by atoms with Gasteiger partial charge >= 0.3 is 0 Å². The minimum absolute atomic E-state index is 0.477. The van der Waals surface area contributed by atoms with Crippen LogP contribution in [0.25, 0.3) is 0 Å². The van der Waals surface area contributed by atoms with Crippen molar-refractivity contribution in [3.05, 3.63) is 59.4 Å². The Hall–Kier alpha value is -1.54. The second kappa shape index (κ2) is 6.48. The molecule has 1 aliphatic rings. The van der Waals surface area contributed by atoms with Crippen molar-refractivity contribution in [1.82, 2.24) is 9.88 Å². The van der Waals surface area contributed by atoms with Crippen LogP contribution in [0, 0.1) is 0 Å².